The number of phenolic OH excluding ortho intramolecular Hbond substituents is 2. The van der Waals surface area contributed by atoms with Crippen molar-refractivity contribution in [3.63, 3.8) is 0 Å². The van der Waals surface area contributed by atoms with Gasteiger partial charge in [-0.3, -0.25) is 0 Å². The summed E-state index contributed by atoms with van der Waals surface area (Å²) in [5.74, 6) is 1.05. The number of hydrogen-bond donors (Lipinski definition) is 3. The van der Waals surface area contributed by atoms with Crippen LogP contribution in [-0.4, -0.2) is 17.3 Å². The largest absolute Gasteiger partial charge is 0.508 e. The molecule has 0 radical (unpaired) electrons. The second-order valence-electron chi connectivity index (χ2n) is 4.79. The van der Waals surface area contributed by atoms with Crippen molar-refractivity contribution in [2.75, 3.05) is 12.4 Å². The van der Waals surface area contributed by atoms with Gasteiger partial charge in [0.2, 0.25) is 0 Å². The molecule has 3 N–H and O–H groups in total. The lowest BCUT2D eigenvalue weighted by Gasteiger charge is -2.18. The molecule has 0 aliphatic rings. The number of methoxy groups -OCH3 is 1. The molecule has 4 heteroatoms. The van der Waals surface area contributed by atoms with Crippen LogP contribution in [0.25, 0.3) is 0 Å². The molecule has 0 aliphatic heterocycles. The van der Waals surface area contributed by atoms with Gasteiger partial charge in [0.25, 0.3) is 0 Å². The van der Waals surface area contributed by atoms with Crippen LogP contribution in [0.5, 0.6) is 17.2 Å². The topological polar surface area (TPSA) is 61.7 Å². The minimum atomic E-state index is -0.0944. The maximum absolute atomic E-state index is 10.0. The highest BCUT2D eigenvalue weighted by molar-refractivity contribution is 5.53. The van der Waals surface area contributed by atoms with Crippen LogP contribution in [0, 0.1) is 6.92 Å². The van der Waals surface area contributed by atoms with Crippen molar-refractivity contribution in [2.24, 2.45) is 0 Å². The highest BCUT2D eigenvalue weighted by atomic mass is 16.5. The van der Waals surface area contributed by atoms with E-state index in [0.29, 0.717) is 5.75 Å². The minimum Gasteiger partial charge on any atom is -0.508 e. The fourth-order valence-electron chi connectivity index (χ4n) is 2.04. The maximum Gasteiger partial charge on any atom is 0.124 e. The van der Waals surface area contributed by atoms with Crippen molar-refractivity contribution >= 4 is 5.69 Å². The number of hydrogen-bond acceptors (Lipinski definition) is 4. The number of rotatable bonds is 4. The third kappa shape index (κ3) is 2.96. The summed E-state index contributed by atoms with van der Waals surface area (Å²) in [5.41, 5.74) is 2.40. The highest BCUT2D eigenvalue weighted by Crippen LogP contribution is 2.31. The molecule has 4 nitrogen and oxygen atoms in total. The average Bonchev–Trinajstić information content (AvgIpc) is 2.42. The second kappa shape index (κ2) is 5.74. The number of benzene rings is 2. The zero-order valence-electron chi connectivity index (χ0n) is 11.8. The molecule has 0 saturated heterocycles. The fraction of sp³-hybridized carbons (Fsp3) is 0.250. The number of ether oxygens (including phenoxy) is 1. The molecule has 106 valence electrons. The van der Waals surface area contributed by atoms with E-state index in [1.807, 2.05) is 32.0 Å². The Balaban J connectivity index is 2.19. The van der Waals surface area contributed by atoms with Crippen LogP contribution in [0.3, 0.4) is 0 Å². The van der Waals surface area contributed by atoms with Crippen LogP contribution >= 0.6 is 0 Å². The predicted molar refractivity (Wildman–Crippen MR) is 79.5 cm³/mol. The van der Waals surface area contributed by atoms with Crippen LogP contribution in [-0.2, 0) is 0 Å². The van der Waals surface area contributed by atoms with E-state index < -0.39 is 0 Å². The molecule has 0 fully saturated rings. The number of aromatic hydroxyl groups is 2. The second-order valence-corrected chi connectivity index (χ2v) is 4.79. The molecule has 0 heterocycles. The lowest BCUT2D eigenvalue weighted by molar-refractivity contribution is 0.406. The molecule has 0 amide bonds. The molecular weight excluding hydrogens is 254 g/mol. The van der Waals surface area contributed by atoms with E-state index in [2.05, 4.69) is 5.32 Å². The van der Waals surface area contributed by atoms with Crippen molar-refractivity contribution in [3.8, 4) is 17.2 Å². The zero-order valence-corrected chi connectivity index (χ0v) is 11.8. The number of aryl methyl sites for hydroxylation is 1. The smallest absolute Gasteiger partial charge is 0.124 e. The lowest BCUT2D eigenvalue weighted by Crippen LogP contribution is -2.07. The van der Waals surface area contributed by atoms with Gasteiger partial charge in [0, 0.05) is 23.4 Å². The predicted octanol–water partition coefficient (Wildman–Crippen LogP) is 3.59. The third-order valence-electron chi connectivity index (χ3n) is 3.30. The van der Waals surface area contributed by atoms with E-state index in [-0.39, 0.29) is 17.5 Å². The van der Waals surface area contributed by atoms with Crippen LogP contribution in [0.1, 0.15) is 24.1 Å². The summed E-state index contributed by atoms with van der Waals surface area (Å²) in [6.45, 7) is 3.79. The van der Waals surface area contributed by atoms with Crippen molar-refractivity contribution in [3.05, 3.63) is 47.5 Å². The molecule has 20 heavy (non-hydrogen) atoms. The summed E-state index contributed by atoms with van der Waals surface area (Å²) < 4.78 is 5.06. The first-order valence-corrected chi connectivity index (χ1v) is 6.44. The van der Waals surface area contributed by atoms with Gasteiger partial charge in [-0.2, -0.15) is 0 Å². The van der Waals surface area contributed by atoms with Crippen LogP contribution < -0.4 is 10.1 Å². The van der Waals surface area contributed by atoms with Crippen molar-refractivity contribution < 1.29 is 14.9 Å². The Hall–Kier alpha value is -2.36. The monoisotopic (exact) mass is 273 g/mol. The summed E-state index contributed by atoms with van der Waals surface area (Å²) >= 11 is 0. The zero-order chi connectivity index (χ0) is 14.7. The van der Waals surface area contributed by atoms with Gasteiger partial charge >= 0.3 is 0 Å². The Kier molecular flexibility index (Phi) is 4.03. The molecule has 0 bridgehead atoms. The average molecular weight is 273 g/mol. The van der Waals surface area contributed by atoms with Gasteiger partial charge in [0.15, 0.2) is 0 Å². The van der Waals surface area contributed by atoms with Gasteiger partial charge in [-0.1, -0.05) is 6.07 Å². The van der Waals surface area contributed by atoms with E-state index >= 15 is 0 Å². The Labute approximate surface area is 118 Å². The first kappa shape index (κ1) is 14.1. The molecule has 2 aromatic rings. The first-order valence-electron chi connectivity index (χ1n) is 6.44. The summed E-state index contributed by atoms with van der Waals surface area (Å²) in [5, 5.41) is 22.9. The third-order valence-corrected chi connectivity index (χ3v) is 3.30. The van der Waals surface area contributed by atoms with E-state index in [0.717, 1.165) is 16.8 Å². The summed E-state index contributed by atoms with van der Waals surface area (Å²) in [6, 6.07) is 10.5. The van der Waals surface area contributed by atoms with Gasteiger partial charge < -0.3 is 20.3 Å². The van der Waals surface area contributed by atoms with Crippen molar-refractivity contribution in [1.29, 1.82) is 0 Å². The van der Waals surface area contributed by atoms with Crippen LogP contribution in [0.2, 0.25) is 0 Å². The molecule has 0 aliphatic carbocycles. The van der Waals surface area contributed by atoms with E-state index in [4.69, 9.17) is 4.74 Å². The normalized spacial score (nSPS) is 11.9. The number of anilines is 1. The summed E-state index contributed by atoms with van der Waals surface area (Å²) in [6.07, 6.45) is 0. The Bertz CT molecular complexity index is 611. The molecule has 2 aromatic carbocycles. The molecule has 0 saturated carbocycles. The minimum absolute atomic E-state index is 0.0944. The summed E-state index contributed by atoms with van der Waals surface area (Å²) in [4.78, 5) is 0. The van der Waals surface area contributed by atoms with Crippen LogP contribution in [0.4, 0.5) is 5.69 Å². The Morgan fingerprint density at radius 1 is 1.05 bits per heavy atom. The first-order chi connectivity index (χ1) is 9.51. The summed E-state index contributed by atoms with van der Waals surface area (Å²) in [7, 11) is 1.56. The SMILES string of the molecule is COc1ccc(C(C)Nc2ccc(C)c(O)c2)c(O)c1. The fourth-order valence-corrected chi connectivity index (χ4v) is 2.04. The molecule has 0 aromatic heterocycles. The van der Waals surface area contributed by atoms with Gasteiger partial charge in [-0.15, -0.1) is 0 Å². The quantitative estimate of drug-likeness (QED) is 0.796. The van der Waals surface area contributed by atoms with Gasteiger partial charge in [0.05, 0.1) is 13.2 Å². The van der Waals surface area contributed by atoms with Gasteiger partial charge in [-0.25, -0.2) is 0 Å². The molecule has 1 atom stereocenters. The lowest BCUT2D eigenvalue weighted by atomic mass is 10.1. The van der Waals surface area contributed by atoms with Crippen molar-refractivity contribution in [2.45, 2.75) is 19.9 Å². The molecule has 0 spiro atoms. The Morgan fingerprint density at radius 2 is 1.80 bits per heavy atom. The van der Waals surface area contributed by atoms with E-state index in [9.17, 15) is 10.2 Å². The van der Waals surface area contributed by atoms with Crippen molar-refractivity contribution in [1.82, 2.24) is 0 Å². The van der Waals surface area contributed by atoms with E-state index in [1.165, 1.54) is 0 Å². The highest BCUT2D eigenvalue weighted by Gasteiger charge is 2.11. The Morgan fingerprint density at radius 3 is 2.40 bits per heavy atom. The van der Waals surface area contributed by atoms with Gasteiger partial charge in [0.1, 0.15) is 17.2 Å². The number of phenols is 2. The molecule has 2 rings (SSSR count). The maximum atomic E-state index is 10.0. The molecule has 1 unspecified atom stereocenters. The number of nitrogens with one attached hydrogen (secondary N) is 1. The standard InChI is InChI=1S/C16H19NO3/c1-10-4-5-12(8-15(10)18)17-11(2)14-7-6-13(20-3)9-16(14)19/h4-9,11,17-19H,1-3H3. The molecular formula is C16H19NO3. The van der Waals surface area contributed by atoms with Gasteiger partial charge in [-0.05, 0) is 37.6 Å². The van der Waals surface area contributed by atoms with Crippen LogP contribution in [0.15, 0.2) is 36.4 Å². The van der Waals surface area contributed by atoms with E-state index in [1.54, 1.807) is 25.3 Å².